The van der Waals surface area contributed by atoms with Crippen molar-refractivity contribution in [1.29, 1.82) is 0 Å². The normalized spacial score (nSPS) is 28.5. The first-order chi connectivity index (χ1) is 15.4. The molecule has 1 saturated heterocycles. The summed E-state index contributed by atoms with van der Waals surface area (Å²) in [5.41, 5.74) is 1.28. The smallest absolute Gasteiger partial charge is 0.247 e. The number of aliphatic hydroxyl groups excluding tert-OH is 2. The molecule has 4 rings (SSSR count). The first kappa shape index (κ1) is 22.8. The van der Waals surface area contributed by atoms with Gasteiger partial charge in [0, 0.05) is 36.8 Å². The summed E-state index contributed by atoms with van der Waals surface area (Å²) in [7, 11) is 0. The molecule has 2 amide bonds. The Labute approximate surface area is 188 Å². The standard InChI is InChI=1S/C24H32N2O6/c1-14(2)24(30)26(13-15-6-5-11-31-15)18-12-17(23(29)25-9-10-27)20-16-7-3-4-8-19(16)32-22(20)21(18)28/h3-4,7-8,12,14-15,18,20-22,27-28H,5-6,9-11,13H2,1-2H3,(H,25,29). The van der Waals surface area contributed by atoms with Crippen LogP contribution >= 0.6 is 0 Å². The molecule has 32 heavy (non-hydrogen) atoms. The summed E-state index contributed by atoms with van der Waals surface area (Å²) in [4.78, 5) is 27.9. The molecule has 0 saturated carbocycles. The monoisotopic (exact) mass is 444 g/mol. The van der Waals surface area contributed by atoms with Crippen LogP contribution in [-0.2, 0) is 14.3 Å². The zero-order valence-electron chi connectivity index (χ0n) is 18.6. The minimum atomic E-state index is -1.01. The predicted octanol–water partition coefficient (Wildman–Crippen LogP) is 0.973. The molecule has 174 valence electrons. The van der Waals surface area contributed by atoms with Crippen molar-refractivity contribution in [3.05, 3.63) is 41.5 Å². The Morgan fingerprint density at radius 3 is 2.75 bits per heavy atom. The fourth-order valence-corrected chi connectivity index (χ4v) is 4.89. The number of amides is 2. The number of nitrogens with zero attached hydrogens (tertiary/aromatic N) is 1. The van der Waals surface area contributed by atoms with Crippen molar-refractivity contribution in [3.8, 4) is 5.75 Å². The fraction of sp³-hybridized carbons (Fsp3) is 0.583. The predicted molar refractivity (Wildman–Crippen MR) is 117 cm³/mol. The maximum atomic E-state index is 13.2. The Morgan fingerprint density at radius 2 is 2.06 bits per heavy atom. The van der Waals surface area contributed by atoms with Crippen LogP contribution in [0.15, 0.2) is 35.9 Å². The number of aliphatic hydroxyl groups is 2. The van der Waals surface area contributed by atoms with Gasteiger partial charge in [-0.3, -0.25) is 9.59 Å². The minimum Gasteiger partial charge on any atom is -0.486 e. The lowest BCUT2D eigenvalue weighted by Crippen LogP contribution is -2.57. The molecule has 1 aromatic rings. The van der Waals surface area contributed by atoms with Gasteiger partial charge in [0.25, 0.3) is 0 Å². The van der Waals surface area contributed by atoms with E-state index in [1.165, 1.54) is 0 Å². The van der Waals surface area contributed by atoms with Crippen LogP contribution in [-0.4, -0.2) is 77.6 Å². The first-order valence-corrected chi connectivity index (χ1v) is 11.4. The lowest BCUT2D eigenvalue weighted by atomic mass is 9.77. The van der Waals surface area contributed by atoms with Gasteiger partial charge >= 0.3 is 0 Å². The zero-order chi connectivity index (χ0) is 22.8. The number of hydrogen-bond acceptors (Lipinski definition) is 6. The Bertz CT molecular complexity index is 879. The highest BCUT2D eigenvalue weighted by atomic mass is 16.5. The number of nitrogens with one attached hydrogen (secondary N) is 1. The van der Waals surface area contributed by atoms with Crippen LogP contribution in [0, 0.1) is 5.92 Å². The minimum absolute atomic E-state index is 0.0932. The number of benzene rings is 1. The number of rotatable bonds is 7. The van der Waals surface area contributed by atoms with E-state index in [-0.39, 0.29) is 37.0 Å². The first-order valence-electron chi connectivity index (χ1n) is 11.4. The highest BCUT2D eigenvalue weighted by Gasteiger charge is 2.50. The van der Waals surface area contributed by atoms with E-state index in [1.54, 1.807) is 11.0 Å². The summed E-state index contributed by atoms with van der Waals surface area (Å²) in [5.74, 6) is -0.535. The summed E-state index contributed by atoms with van der Waals surface area (Å²) >= 11 is 0. The summed E-state index contributed by atoms with van der Waals surface area (Å²) in [5, 5.41) is 23.3. The largest absolute Gasteiger partial charge is 0.486 e. The maximum Gasteiger partial charge on any atom is 0.247 e. The lowest BCUT2D eigenvalue weighted by molar-refractivity contribution is -0.142. The van der Waals surface area contributed by atoms with Gasteiger partial charge in [-0.15, -0.1) is 0 Å². The molecule has 5 unspecified atom stereocenters. The summed E-state index contributed by atoms with van der Waals surface area (Å²) in [6.45, 7) is 4.60. The van der Waals surface area contributed by atoms with Crippen LogP contribution in [0.4, 0.5) is 0 Å². The van der Waals surface area contributed by atoms with Gasteiger partial charge in [0.05, 0.1) is 24.7 Å². The fourth-order valence-electron chi connectivity index (χ4n) is 4.89. The average Bonchev–Trinajstić information content (AvgIpc) is 3.44. The van der Waals surface area contributed by atoms with E-state index in [2.05, 4.69) is 5.32 Å². The molecular formula is C24H32N2O6. The van der Waals surface area contributed by atoms with Gasteiger partial charge in [0.1, 0.15) is 18.0 Å². The second kappa shape index (κ2) is 9.60. The number of para-hydroxylation sites is 1. The second-order valence-corrected chi connectivity index (χ2v) is 8.96. The van der Waals surface area contributed by atoms with Gasteiger partial charge in [-0.25, -0.2) is 0 Å². The topological polar surface area (TPSA) is 108 Å². The molecule has 1 fully saturated rings. The quantitative estimate of drug-likeness (QED) is 0.579. The number of carbonyl (C=O) groups is 2. The number of carbonyl (C=O) groups excluding carboxylic acids is 2. The van der Waals surface area contributed by atoms with E-state index >= 15 is 0 Å². The lowest BCUT2D eigenvalue weighted by Gasteiger charge is -2.42. The van der Waals surface area contributed by atoms with Gasteiger partial charge in [0.15, 0.2) is 0 Å². The molecular weight excluding hydrogens is 412 g/mol. The van der Waals surface area contributed by atoms with Gasteiger partial charge in [-0.05, 0) is 25.0 Å². The summed E-state index contributed by atoms with van der Waals surface area (Å²) < 4.78 is 11.9. The van der Waals surface area contributed by atoms with Gasteiger partial charge in [0.2, 0.25) is 11.8 Å². The molecule has 0 radical (unpaired) electrons. The van der Waals surface area contributed by atoms with Crippen molar-refractivity contribution in [2.75, 3.05) is 26.3 Å². The van der Waals surface area contributed by atoms with Gasteiger partial charge in [-0.2, -0.15) is 0 Å². The molecule has 1 aromatic carbocycles. The Hall–Kier alpha value is -2.42. The third-order valence-electron chi connectivity index (χ3n) is 6.44. The molecule has 0 bridgehead atoms. The van der Waals surface area contributed by atoms with E-state index in [0.29, 0.717) is 24.5 Å². The van der Waals surface area contributed by atoms with Crippen molar-refractivity contribution in [1.82, 2.24) is 10.2 Å². The van der Waals surface area contributed by atoms with Crippen molar-refractivity contribution >= 4 is 11.8 Å². The SMILES string of the molecule is CC(C)C(=O)N(CC1CCCO1)C1C=C(C(=O)NCCO)C2c3ccccc3OC2C1O. The Morgan fingerprint density at radius 1 is 1.28 bits per heavy atom. The number of ether oxygens (including phenoxy) is 2. The summed E-state index contributed by atoms with van der Waals surface area (Å²) in [6.07, 6.45) is 1.71. The van der Waals surface area contributed by atoms with Crippen LogP contribution < -0.4 is 10.1 Å². The average molecular weight is 445 g/mol. The molecule has 0 spiro atoms. The third-order valence-corrected chi connectivity index (χ3v) is 6.44. The van der Waals surface area contributed by atoms with Gasteiger partial charge in [-0.1, -0.05) is 32.0 Å². The molecule has 3 N–H and O–H groups in total. The van der Waals surface area contributed by atoms with Crippen LogP contribution in [0.5, 0.6) is 5.75 Å². The Balaban J connectivity index is 1.73. The molecule has 8 heteroatoms. The van der Waals surface area contributed by atoms with Crippen LogP contribution in [0.25, 0.3) is 0 Å². The third kappa shape index (κ3) is 4.27. The van der Waals surface area contributed by atoms with Gasteiger partial charge < -0.3 is 29.9 Å². The van der Waals surface area contributed by atoms with Crippen molar-refractivity contribution in [3.63, 3.8) is 0 Å². The van der Waals surface area contributed by atoms with Crippen molar-refractivity contribution in [2.24, 2.45) is 5.92 Å². The maximum absolute atomic E-state index is 13.2. The van der Waals surface area contributed by atoms with E-state index < -0.39 is 24.2 Å². The summed E-state index contributed by atoms with van der Waals surface area (Å²) in [6, 6.07) is 6.71. The molecule has 5 atom stereocenters. The molecule has 8 nitrogen and oxygen atoms in total. The molecule has 0 aromatic heterocycles. The van der Waals surface area contributed by atoms with E-state index in [0.717, 1.165) is 18.4 Å². The Kier molecular flexibility index (Phi) is 6.83. The molecule has 2 heterocycles. The molecule has 1 aliphatic carbocycles. The van der Waals surface area contributed by atoms with E-state index in [9.17, 15) is 14.7 Å². The number of fused-ring (bicyclic) bond motifs is 3. The van der Waals surface area contributed by atoms with Crippen molar-refractivity contribution < 1.29 is 29.3 Å². The van der Waals surface area contributed by atoms with Crippen LogP contribution in [0.2, 0.25) is 0 Å². The zero-order valence-corrected chi connectivity index (χ0v) is 18.6. The molecule has 2 aliphatic heterocycles. The van der Waals surface area contributed by atoms with Crippen LogP contribution in [0.1, 0.15) is 38.2 Å². The molecule has 3 aliphatic rings. The second-order valence-electron chi connectivity index (χ2n) is 8.96. The van der Waals surface area contributed by atoms with Crippen LogP contribution in [0.3, 0.4) is 0 Å². The van der Waals surface area contributed by atoms with Crippen molar-refractivity contribution in [2.45, 2.75) is 57.0 Å². The van der Waals surface area contributed by atoms with E-state index in [4.69, 9.17) is 14.6 Å². The highest BCUT2D eigenvalue weighted by molar-refractivity contribution is 5.96. The highest BCUT2D eigenvalue weighted by Crippen LogP contribution is 2.47. The van der Waals surface area contributed by atoms with E-state index in [1.807, 2.05) is 38.1 Å². The number of hydrogen-bond donors (Lipinski definition) is 3.